The van der Waals surface area contributed by atoms with Crippen molar-refractivity contribution in [1.29, 1.82) is 0 Å². The van der Waals surface area contributed by atoms with E-state index in [2.05, 4.69) is 15.9 Å². The van der Waals surface area contributed by atoms with E-state index in [1.807, 2.05) is 13.0 Å². The minimum atomic E-state index is -1.62. The van der Waals surface area contributed by atoms with Gasteiger partial charge in [-0.15, -0.1) is 0 Å². The van der Waals surface area contributed by atoms with Gasteiger partial charge in [-0.3, -0.25) is 9.59 Å². The van der Waals surface area contributed by atoms with Gasteiger partial charge < -0.3 is 15.7 Å². The van der Waals surface area contributed by atoms with Crippen LogP contribution in [-0.2, 0) is 4.79 Å². The number of piperidine rings is 1. The second-order valence-corrected chi connectivity index (χ2v) is 5.96. The quantitative estimate of drug-likeness (QED) is 0.848. The third kappa shape index (κ3) is 2.71. The number of nitrogens with two attached hydrogens (primary N) is 1. The summed E-state index contributed by atoms with van der Waals surface area (Å²) in [5.41, 5.74) is 5.08. The molecule has 1 aliphatic heterocycles. The summed E-state index contributed by atoms with van der Waals surface area (Å²) in [6.45, 7) is 2.35. The minimum absolute atomic E-state index is 0.0540. The lowest BCUT2D eigenvalue weighted by Crippen LogP contribution is -2.57. The maximum absolute atomic E-state index is 12.5. The van der Waals surface area contributed by atoms with E-state index < -0.39 is 11.5 Å². The molecule has 0 bridgehead atoms. The summed E-state index contributed by atoms with van der Waals surface area (Å²) in [5.74, 6) is -0.988. The average Bonchev–Trinajstić information content (AvgIpc) is 2.41. The van der Waals surface area contributed by atoms with Crippen molar-refractivity contribution in [2.24, 2.45) is 5.73 Å². The van der Waals surface area contributed by atoms with Crippen molar-refractivity contribution in [3.63, 3.8) is 0 Å². The molecule has 5 nitrogen and oxygen atoms in total. The Kier molecular flexibility index (Phi) is 4.15. The molecule has 2 rings (SSSR count). The van der Waals surface area contributed by atoms with Crippen LogP contribution in [-0.4, -0.2) is 40.5 Å². The van der Waals surface area contributed by atoms with Crippen molar-refractivity contribution in [2.45, 2.75) is 25.4 Å². The number of carbonyl (C=O) groups excluding carboxylic acids is 2. The number of carbonyl (C=O) groups is 2. The molecule has 1 aromatic carbocycles. The molecule has 0 saturated carbocycles. The Hall–Kier alpha value is -1.40. The third-order valence-corrected chi connectivity index (χ3v) is 4.69. The van der Waals surface area contributed by atoms with Crippen LogP contribution >= 0.6 is 15.9 Å². The molecule has 20 heavy (non-hydrogen) atoms. The van der Waals surface area contributed by atoms with Gasteiger partial charge in [0.1, 0.15) is 0 Å². The molecular formula is C14H17BrN2O3. The van der Waals surface area contributed by atoms with Crippen molar-refractivity contribution >= 4 is 27.7 Å². The highest BCUT2D eigenvalue weighted by molar-refractivity contribution is 9.10. The van der Waals surface area contributed by atoms with E-state index >= 15 is 0 Å². The van der Waals surface area contributed by atoms with Gasteiger partial charge in [0.25, 0.3) is 11.8 Å². The second-order valence-electron chi connectivity index (χ2n) is 5.16. The van der Waals surface area contributed by atoms with Gasteiger partial charge in [0.15, 0.2) is 5.60 Å². The summed E-state index contributed by atoms with van der Waals surface area (Å²) in [4.78, 5) is 25.3. The van der Waals surface area contributed by atoms with Crippen molar-refractivity contribution < 1.29 is 14.7 Å². The summed E-state index contributed by atoms with van der Waals surface area (Å²) < 4.78 is 0.734. The lowest BCUT2D eigenvalue weighted by atomic mass is 9.91. The number of hydrogen-bond acceptors (Lipinski definition) is 3. The standard InChI is InChI=1S/C14H17BrN2O3/c1-9-4-2-5-10(11(9)15)12(18)17-7-3-6-14(20,8-17)13(16)19/h2,4-5,20H,3,6-8H2,1H3,(H2,16,19)/t14-/m1/s1. The third-order valence-electron chi connectivity index (χ3n) is 3.64. The van der Waals surface area contributed by atoms with E-state index in [-0.39, 0.29) is 12.5 Å². The van der Waals surface area contributed by atoms with Crippen LogP contribution in [0.2, 0.25) is 0 Å². The molecular weight excluding hydrogens is 324 g/mol. The molecule has 6 heteroatoms. The van der Waals surface area contributed by atoms with E-state index in [4.69, 9.17) is 5.73 Å². The minimum Gasteiger partial charge on any atom is -0.378 e. The predicted molar refractivity (Wildman–Crippen MR) is 78.2 cm³/mol. The number of primary amides is 1. The molecule has 1 aliphatic rings. The van der Waals surface area contributed by atoms with E-state index in [1.165, 1.54) is 4.90 Å². The van der Waals surface area contributed by atoms with Crippen LogP contribution in [0.15, 0.2) is 22.7 Å². The van der Waals surface area contributed by atoms with E-state index in [1.54, 1.807) is 12.1 Å². The van der Waals surface area contributed by atoms with Gasteiger partial charge in [-0.2, -0.15) is 0 Å². The highest BCUT2D eigenvalue weighted by Gasteiger charge is 2.40. The number of benzene rings is 1. The monoisotopic (exact) mass is 340 g/mol. The first kappa shape index (κ1) is 15.0. The fourth-order valence-corrected chi connectivity index (χ4v) is 2.83. The molecule has 0 aromatic heterocycles. The Morgan fingerprint density at radius 1 is 1.45 bits per heavy atom. The number of hydrogen-bond donors (Lipinski definition) is 2. The molecule has 1 fully saturated rings. The van der Waals surface area contributed by atoms with E-state index in [0.717, 1.165) is 10.0 Å². The predicted octanol–water partition coefficient (Wildman–Crippen LogP) is 1.21. The molecule has 0 unspecified atom stereocenters. The molecule has 1 atom stereocenters. The van der Waals surface area contributed by atoms with Crippen molar-refractivity contribution in [3.05, 3.63) is 33.8 Å². The smallest absolute Gasteiger partial charge is 0.255 e. The number of nitrogens with zero attached hydrogens (tertiary/aromatic N) is 1. The zero-order valence-electron chi connectivity index (χ0n) is 11.2. The first-order valence-electron chi connectivity index (χ1n) is 6.42. The normalized spacial score (nSPS) is 22.6. The number of aliphatic hydroxyl groups is 1. The van der Waals surface area contributed by atoms with Crippen molar-refractivity contribution in [1.82, 2.24) is 4.90 Å². The van der Waals surface area contributed by atoms with Crippen LogP contribution < -0.4 is 5.73 Å². The van der Waals surface area contributed by atoms with Crippen molar-refractivity contribution in [2.75, 3.05) is 13.1 Å². The zero-order valence-corrected chi connectivity index (χ0v) is 12.8. The second kappa shape index (κ2) is 5.54. The summed E-state index contributed by atoms with van der Waals surface area (Å²) in [7, 11) is 0. The van der Waals surface area contributed by atoms with Crippen LogP contribution in [0.25, 0.3) is 0 Å². The molecule has 3 N–H and O–H groups in total. The van der Waals surface area contributed by atoms with Gasteiger partial charge in [-0.25, -0.2) is 0 Å². The fraction of sp³-hybridized carbons (Fsp3) is 0.429. The Balaban J connectivity index is 2.25. The van der Waals surface area contributed by atoms with Gasteiger partial charge in [-0.05, 0) is 47.3 Å². The summed E-state index contributed by atoms with van der Waals surface area (Å²) in [6, 6.07) is 5.42. The molecule has 1 saturated heterocycles. The topological polar surface area (TPSA) is 83.6 Å². The molecule has 1 heterocycles. The van der Waals surface area contributed by atoms with Gasteiger partial charge in [0.05, 0.1) is 12.1 Å². The Morgan fingerprint density at radius 3 is 2.80 bits per heavy atom. The fourth-order valence-electron chi connectivity index (χ4n) is 2.39. The van der Waals surface area contributed by atoms with Gasteiger partial charge in [0.2, 0.25) is 0 Å². The average molecular weight is 341 g/mol. The van der Waals surface area contributed by atoms with Gasteiger partial charge in [0, 0.05) is 11.0 Å². The number of β-amino-alcohol motifs (C(OH)–C–C–N with tert-alkyl or cyclic N) is 1. The van der Waals surface area contributed by atoms with Crippen LogP contribution in [0, 0.1) is 6.92 Å². The molecule has 0 radical (unpaired) electrons. The maximum Gasteiger partial charge on any atom is 0.255 e. The number of halogens is 1. The van der Waals surface area contributed by atoms with E-state index in [0.29, 0.717) is 24.9 Å². The SMILES string of the molecule is Cc1cccc(C(=O)N2CCC[C@](O)(C(N)=O)C2)c1Br. The highest BCUT2D eigenvalue weighted by atomic mass is 79.9. The van der Waals surface area contributed by atoms with Crippen LogP contribution in [0.1, 0.15) is 28.8 Å². The molecule has 0 spiro atoms. The highest BCUT2D eigenvalue weighted by Crippen LogP contribution is 2.26. The maximum atomic E-state index is 12.5. The molecule has 0 aliphatic carbocycles. The largest absolute Gasteiger partial charge is 0.378 e. The molecule has 108 valence electrons. The van der Waals surface area contributed by atoms with Crippen LogP contribution in [0.3, 0.4) is 0 Å². The van der Waals surface area contributed by atoms with Gasteiger partial charge in [-0.1, -0.05) is 12.1 Å². The number of amides is 2. The van der Waals surface area contributed by atoms with Crippen LogP contribution in [0.4, 0.5) is 0 Å². The summed E-state index contributed by atoms with van der Waals surface area (Å²) in [6.07, 6.45) is 0.843. The lowest BCUT2D eigenvalue weighted by Gasteiger charge is -2.37. The Morgan fingerprint density at radius 2 is 2.15 bits per heavy atom. The number of likely N-dealkylation sites (tertiary alicyclic amines) is 1. The lowest BCUT2D eigenvalue weighted by molar-refractivity contribution is -0.140. The van der Waals surface area contributed by atoms with E-state index in [9.17, 15) is 14.7 Å². The first-order chi connectivity index (χ1) is 9.35. The summed E-state index contributed by atoms with van der Waals surface area (Å²) in [5, 5.41) is 10.2. The van der Waals surface area contributed by atoms with Gasteiger partial charge >= 0.3 is 0 Å². The number of aryl methyl sites for hydroxylation is 1. The molecule has 2 amide bonds. The first-order valence-corrected chi connectivity index (χ1v) is 7.21. The molecule has 1 aromatic rings. The van der Waals surface area contributed by atoms with Crippen LogP contribution in [0.5, 0.6) is 0 Å². The van der Waals surface area contributed by atoms with Crippen molar-refractivity contribution in [3.8, 4) is 0 Å². The Labute approximate surface area is 125 Å². The zero-order chi connectivity index (χ0) is 14.9. The summed E-state index contributed by atoms with van der Waals surface area (Å²) >= 11 is 3.40. The Bertz CT molecular complexity index is 561. The number of rotatable bonds is 2.